The predicted molar refractivity (Wildman–Crippen MR) is 71.1 cm³/mol. The molecule has 0 bridgehead atoms. The molecule has 0 amide bonds. The molecule has 2 N–H and O–H groups in total. The van der Waals surface area contributed by atoms with Crippen LogP contribution in [0.3, 0.4) is 0 Å². The van der Waals surface area contributed by atoms with Crippen molar-refractivity contribution in [2.45, 2.75) is 59.2 Å². The van der Waals surface area contributed by atoms with Gasteiger partial charge in [-0.3, -0.25) is 0 Å². The van der Waals surface area contributed by atoms with Crippen molar-refractivity contribution in [3.05, 3.63) is 0 Å². The summed E-state index contributed by atoms with van der Waals surface area (Å²) >= 11 is 0. The van der Waals surface area contributed by atoms with Gasteiger partial charge >= 0.3 is 0 Å². The molecule has 3 heteroatoms. The van der Waals surface area contributed by atoms with Gasteiger partial charge in [0, 0.05) is 13.1 Å². The molecule has 0 heterocycles. The van der Waals surface area contributed by atoms with Gasteiger partial charge in [0.15, 0.2) is 0 Å². The zero-order valence-corrected chi connectivity index (χ0v) is 11.8. The number of aliphatic hydroxyl groups excluding tert-OH is 1. The fraction of sp³-hybridized carbons (Fsp3) is 1.00. The normalized spacial score (nSPS) is 21.5. The summed E-state index contributed by atoms with van der Waals surface area (Å²) in [4.78, 5) is 0. The Kier molecular flexibility index (Phi) is 5.90. The Morgan fingerprint density at radius 2 is 1.94 bits per heavy atom. The van der Waals surface area contributed by atoms with E-state index < -0.39 is 0 Å². The summed E-state index contributed by atoms with van der Waals surface area (Å²) in [6, 6.07) is 0. The molecule has 2 unspecified atom stereocenters. The Labute approximate surface area is 106 Å². The molecule has 0 saturated heterocycles. The number of ether oxygens (including phenoxy) is 1. The van der Waals surface area contributed by atoms with Crippen LogP contribution in [0.1, 0.15) is 47.0 Å². The Morgan fingerprint density at radius 1 is 1.29 bits per heavy atom. The van der Waals surface area contributed by atoms with E-state index in [4.69, 9.17) is 4.74 Å². The average molecular weight is 243 g/mol. The monoisotopic (exact) mass is 243 g/mol. The van der Waals surface area contributed by atoms with E-state index in [1.807, 2.05) is 0 Å². The van der Waals surface area contributed by atoms with Crippen LogP contribution in [0.5, 0.6) is 0 Å². The Morgan fingerprint density at radius 3 is 2.47 bits per heavy atom. The van der Waals surface area contributed by atoms with Crippen molar-refractivity contribution in [3.8, 4) is 0 Å². The van der Waals surface area contributed by atoms with Crippen LogP contribution in [0, 0.1) is 11.3 Å². The quantitative estimate of drug-likeness (QED) is 0.652. The standard InChI is InChI=1S/C14H29NO2/c1-11(2)7-12(3)17-9-13(16)8-15-10-14(4)5-6-14/h11-13,15-16H,5-10H2,1-4H3. The molecule has 0 aromatic heterocycles. The second-order valence-corrected chi connectivity index (χ2v) is 6.37. The van der Waals surface area contributed by atoms with Gasteiger partial charge in [-0.1, -0.05) is 20.8 Å². The van der Waals surface area contributed by atoms with E-state index >= 15 is 0 Å². The highest BCUT2D eigenvalue weighted by molar-refractivity contribution is 4.90. The van der Waals surface area contributed by atoms with Crippen LogP contribution in [-0.2, 0) is 4.74 Å². The molecule has 1 aliphatic rings. The SMILES string of the molecule is CC(C)CC(C)OCC(O)CNCC1(C)CC1. The lowest BCUT2D eigenvalue weighted by molar-refractivity contribution is -0.00871. The maximum absolute atomic E-state index is 9.76. The summed E-state index contributed by atoms with van der Waals surface area (Å²) < 4.78 is 5.62. The van der Waals surface area contributed by atoms with E-state index in [9.17, 15) is 5.11 Å². The Hall–Kier alpha value is -0.120. The molecule has 0 aliphatic heterocycles. The second kappa shape index (κ2) is 6.72. The molecule has 1 aliphatic carbocycles. The highest BCUT2D eigenvalue weighted by atomic mass is 16.5. The Balaban J connectivity index is 1.98. The molecule has 17 heavy (non-hydrogen) atoms. The third-order valence-corrected chi connectivity index (χ3v) is 3.41. The third-order valence-electron chi connectivity index (χ3n) is 3.41. The van der Waals surface area contributed by atoms with E-state index in [1.54, 1.807) is 0 Å². The van der Waals surface area contributed by atoms with E-state index in [-0.39, 0.29) is 12.2 Å². The maximum atomic E-state index is 9.76. The summed E-state index contributed by atoms with van der Waals surface area (Å²) in [7, 11) is 0. The minimum atomic E-state index is -0.382. The van der Waals surface area contributed by atoms with Crippen molar-refractivity contribution in [1.29, 1.82) is 0 Å². The third kappa shape index (κ3) is 7.02. The van der Waals surface area contributed by atoms with E-state index in [2.05, 4.69) is 33.0 Å². The van der Waals surface area contributed by atoms with E-state index in [0.717, 1.165) is 13.0 Å². The van der Waals surface area contributed by atoms with Crippen molar-refractivity contribution in [2.75, 3.05) is 19.7 Å². The van der Waals surface area contributed by atoms with Gasteiger partial charge < -0.3 is 15.2 Å². The van der Waals surface area contributed by atoms with Crippen LogP contribution in [0.25, 0.3) is 0 Å². The lowest BCUT2D eigenvalue weighted by Gasteiger charge is -2.19. The van der Waals surface area contributed by atoms with Crippen LogP contribution in [0.15, 0.2) is 0 Å². The van der Waals surface area contributed by atoms with Gasteiger partial charge in [0.05, 0.1) is 18.8 Å². The fourth-order valence-corrected chi connectivity index (χ4v) is 2.00. The summed E-state index contributed by atoms with van der Waals surface area (Å²) in [6.07, 6.45) is 3.55. The highest BCUT2D eigenvalue weighted by Gasteiger charge is 2.36. The van der Waals surface area contributed by atoms with Gasteiger partial charge in [-0.25, -0.2) is 0 Å². The molecular weight excluding hydrogens is 214 g/mol. The van der Waals surface area contributed by atoms with Crippen LogP contribution in [0.2, 0.25) is 0 Å². The lowest BCUT2D eigenvalue weighted by atomic mass is 10.1. The van der Waals surface area contributed by atoms with Gasteiger partial charge in [0.25, 0.3) is 0 Å². The van der Waals surface area contributed by atoms with Gasteiger partial charge in [-0.2, -0.15) is 0 Å². The first-order valence-corrected chi connectivity index (χ1v) is 6.92. The van der Waals surface area contributed by atoms with Crippen LogP contribution < -0.4 is 5.32 Å². The molecule has 2 atom stereocenters. The average Bonchev–Trinajstić information content (AvgIpc) is 2.93. The molecule has 0 spiro atoms. The number of hydrogen-bond donors (Lipinski definition) is 2. The number of aliphatic hydroxyl groups is 1. The Bertz CT molecular complexity index is 214. The molecule has 1 fully saturated rings. The molecule has 1 saturated carbocycles. The fourth-order valence-electron chi connectivity index (χ4n) is 2.00. The van der Waals surface area contributed by atoms with Gasteiger partial charge in [0.2, 0.25) is 0 Å². The summed E-state index contributed by atoms with van der Waals surface area (Å²) in [5, 5.41) is 13.1. The number of rotatable bonds is 9. The van der Waals surface area contributed by atoms with E-state index in [1.165, 1.54) is 12.8 Å². The zero-order chi connectivity index (χ0) is 12.9. The van der Waals surface area contributed by atoms with Crippen molar-refractivity contribution in [3.63, 3.8) is 0 Å². The first kappa shape index (κ1) is 14.9. The zero-order valence-electron chi connectivity index (χ0n) is 11.8. The predicted octanol–water partition coefficient (Wildman–Crippen LogP) is 2.19. The smallest absolute Gasteiger partial charge is 0.0897 e. The van der Waals surface area contributed by atoms with Crippen molar-refractivity contribution >= 4 is 0 Å². The molecule has 0 aromatic carbocycles. The van der Waals surface area contributed by atoms with Gasteiger partial charge in [-0.15, -0.1) is 0 Å². The summed E-state index contributed by atoms with van der Waals surface area (Å²) in [5.41, 5.74) is 0.505. The molecule has 102 valence electrons. The first-order valence-electron chi connectivity index (χ1n) is 6.92. The van der Waals surface area contributed by atoms with E-state index in [0.29, 0.717) is 24.5 Å². The lowest BCUT2D eigenvalue weighted by Crippen LogP contribution is -2.34. The number of nitrogens with one attached hydrogen (secondary N) is 1. The number of hydrogen-bond acceptors (Lipinski definition) is 3. The summed E-state index contributed by atoms with van der Waals surface area (Å²) in [6.45, 7) is 10.8. The molecule has 0 radical (unpaired) electrons. The van der Waals surface area contributed by atoms with Crippen LogP contribution in [0.4, 0.5) is 0 Å². The first-order chi connectivity index (χ1) is 7.91. The van der Waals surface area contributed by atoms with Crippen molar-refractivity contribution < 1.29 is 9.84 Å². The minimum absolute atomic E-state index is 0.241. The van der Waals surface area contributed by atoms with Crippen molar-refractivity contribution in [2.24, 2.45) is 11.3 Å². The molecule has 1 rings (SSSR count). The van der Waals surface area contributed by atoms with Gasteiger partial charge in [0.1, 0.15) is 0 Å². The molecular formula is C14H29NO2. The minimum Gasteiger partial charge on any atom is -0.389 e. The topological polar surface area (TPSA) is 41.5 Å². The second-order valence-electron chi connectivity index (χ2n) is 6.37. The largest absolute Gasteiger partial charge is 0.389 e. The highest BCUT2D eigenvalue weighted by Crippen LogP contribution is 2.43. The maximum Gasteiger partial charge on any atom is 0.0897 e. The molecule has 3 nitrogen and oxygen atoms in total. The van der Waals surface area contributed by atoms with Crippen LogP contribution >= 0.6 is 0 Å². The van der Waals surface area contributed by atoms with Crippen LogP contribution in [-0.4, -0.2) is 37.0 Å². The summed E-state index contributed by atoms with van der Waals surface area (Å²) in [5.74, 6) is 0.648. The van der Waals surface area contributed by atoms with Gasteiger partial charge in [-0.05, 0) is 37.5 Å². The molecule has 0 aromatic rings. The van der Waals surface area contributed by atoms with Crippen molar-refractivity contribution in [1.82, 2.24) is 5.32 Å².